The van der Waals surface area contributed by atoms with Gasteiger partial charge in [-0.2, -0.15) is 0 Å². The molecule has 1 aliphatic heterocycles. The van der Waals surface area contributed by atoms with Gasteiger partial charge in [-0.15, -0.1) is 0 Å². The lowest BCUT2D eigenvalue weighted by atomic mass is 10.1. The fraction of sp³-hybridized carbons (Fsp3) is 0.353. The number of hydrogen-bond donors (Lipinski definition) is 1. The van der Waals surface area contributed by atoms with Gasteiger partial charge in [-0.1, -0.05) is 18.2 Å². The second-order valence-electron chi connectivity index (χ2n) is 10.5. The van der Waals surface area contributed by atoms with Crippen LogP contribution in [0.4, 0.5) is 5.69 Å². The summed E-state index contributed by atoms with van der Waals surface area (Å²) in [6.07, 6.45) is 2.71. The third kappa shape index (κ3) is 8.09. The van der Waals surface area contributed by atoms with E-state index in [2.05, 4.69) is 5.32 Å². The van der Waals surface area contributed by atoms with Crippen molar-refractivity contribution in [2.75, 3.05) is 51.5 Å². The standard InChI is InChI=1S/C34H39N3O7/c1-25(38)42-19-16-36-15-14-26-8-11-31(20-32(26)36)44-24-29-21-35-22-34(39)37(29)28-9-12-30(13-10-28)43-18-5-17-41-23-27-6-3-4-7-33(27)40-2/h3-4,6-15,20,29,35H,5,16-19,21-24H2,1-2H3/t29-/m1/s1. The average Bonchev–Trinajstić information content (AvgIpc) is 3.44. The molecule has 0 radical (unpaired) electrons. The Hall–Kier alpha value is -4.54. The van der Waals surface area contributed by atoms with Crippen LogP contribution in [-0.4, -0.2) is 69.1 Å². The molecular formula is C34H39N3O7. The zero-order chi connectivity index (χ0) is 30.7. The van der Waals surface area contributed by atoms with Crippen LogP contribution in [0.15, 0.2) is 79.0 Å². The summed E-state index contributed by atoms with van der Waals surface area (Å²) in [5, 5.41) is 4.27. The van der Waals surface area contributed by atoms with E-state index in [0.29, 0.717) is 51.9 Å². The highest BCUT2D eigenvalue weighted by atomic mass is 16.5. The number of aromatic nitrogens is 1. The van der Waals surface area contributed by atoms with Gasteiger partial charge < -0.3 is 38.5 Å². The predicted octanol–water partition coefficient (Wildman–Crippen LogP) is 4.58. The Kier molecular flexibility index (Phi) is 10.7. The third-order valence-electron chi connectivity index (χ3n) is 7.38. The molecule has 0 aliphatic carbocycles. The van der Waals surface area contributed by atoms with Crippen molar-refractivity contribution in [3.05, 3.63) is 84.6 Å². The predicted molar refractivity (Wildman–Crippen MR) is 167 cm³/mol. The third-order valence-corrected chi connectivity index (χ3v) is 7.38. The lowest BCUT2D eigenvalue weighted by Gasteiger charge is -2.36. The number of piperazine rings is 1. The minimum absolute atomic E-state index is 0.0134. The first kappa shape index (κ1) is 30.9. The maximum atomic E-state index is 13.0. The molecule has 1 saturated heterocycles. The maximum Gasteiger partial charge on any atom is 0.302 e. The van der Waals surface area contributed by atoms with Gasteiger partial charge in [0.2, 0.25) is 5.91 Å². The molecule has 3 aromatic carbocycles. The normalized spacial score (nSPS) is 14.9. The first-order chi connectivity index (χ1) is 21.5. The second-order valence-corrected chi connectivity index (χ2v) is 10.5. The summed E-state index contributed by atoms with van der Waals surface area (Å²) in [6, 6.07) is 23.1. The van der Waals surface area contributed by atoms with E-state index in [4.69, 9.17) is 23.7 Å². The number of para-hydroxylation sites is 1. The van der Waals surface area contributed by atoms with E-state index in [1.807, 2.05) is 83.6 Å². The number of methoxy groups -OCH3 is 1. The minimum atomic E-state index is -0.296. The summed E-state index contributed by atoms with van der Waals surface area (Å²) < 4.78 is 30.4. The lowest BCUT2D eigenvalue weighted by molar-refractivity contribution is -0.141. The number of esters is 1. The molecule has 232 valence electrons. The van der Waals surface area contributed by atoms with Crippen LogP contribution in [0.5, 0.6) is 17.2 Å². The van der Waals surface area contributed by atoms with Crippen LogP contribution in [-0.2, 0) is 32.2 Å². The number of nitrogens with one attached hydrogen (secondary N) is 1. The van der Waals surface area contributed by atoms with Crippen LogP contribution in [0.2, 0.25) is 0 Å². The van der Waals surface area contributed by atoms with Crippen LogP contribution in [0, 0.1) is 0 Å². The summed E-state index contributed by atoms with van der Waals surface area (Å²) >= 11 is 0. The smallest absolute Gasteiger partial charge is 0.302 e. The number of fused-ring (bicyclic) bond motifs is 1. The number of carbonyl (C=O) groups excluding carboxylic acids is 2. The first-order valence-electron chi connectivity index (χ1n) is 14.8. The molecule has 1 aliphatic rings. The Labute approximate surface area is 257 Å². The van der Waals surface area contributed by atoms with E-state index in [1.54, 1.807) is 12.0 Å². The molecule has 5 rings (SSSR count). The number of anilines is 1. The number of ether oxygens (including phenoxy) is 5. The van der Waals surface area contributed by atoms with Crippen molar-refractivity contribution in [2.45, 2.75) is 32.5 Å². The molecule has 1 aromatic heterocycles. The lowest BCUT2D eigenvalue weighted by Crippen LogP contribution is -2.57. The van der Waals surface area contributed by atoms with Gasteiger partial charge in [0.05, 0.1) is 51.6 Å². The van der Waals surface area contributed by atoms with Crippen LogP contribution >= 0.6 is 0 Å². The van der Waals surface area contributed by atoms with Crippen molar-refractivity contribution in [1.82, 2.24) is 9.88 Å². The van der Waals surface area contributed by atoms with Crippen molar-refractivity contribution in [3.63, 3.8) is 0 Å². The van der Waals surface area contributed by atoms with Crippen molar-refractivity contribution in [1.29, 1.82) is 0 Å². The molecule has 1 amide bonds. The van der Waals surface area contributed by atoms with Crippen molar-refractivity contribution in [3.8, 4) is 17.2 Å². The Morgan fingerprint density at radius 3 is 2.59 bits per heavy atom. The van der Waals surface area contributed by atoms with E-state index in [-0.39, 0.29) is 24.5 Å². The van der Waals surface area contributed by atoms with Gasteiger partial charge in [-0.05, 0) is 53.9 Å². The molecule has 1 atom stereocenters. The maximum absolute atomic E-state index is 13.0. The second kappa shape index (κ2) is 15.3. The average molecular weight is 602 g/mol. The Bertz CT molecular complexity index is 1540. The number of benzene rings is 3. The Morgan fingerprint density at radius 1 is 0.955 bits per heavy atom. The number of hydrogen-bond acceptors (Lipinski definition) is 8. The van der Waals surface area contributed by atoms with E-state index in [0.717, 1.165) is 40.1 Å². The SMILES string of the molecule is COc1ccccc1COCCCOc1ccc(N2C(=O)CNC[C@@H]2COc2ccc3ccn(CCOC(C)=O)c3c2)cc1. The fourth-order valence-corrected chi connectivity index (χ4v) is 5.20. The van der Waals surface area contributed by atoms with E-state index in [9.17, 15) is 9.59 Å². The zero-order valence-electron chi connectivity index (χ0n) is 25.2. The summed E-state index contributed by atoms with van der Waals surface area (Å²) in [6.45, 7) is 5.04. The molecule has 1 fully saturated rings. The van der Waals surface area contributed by atoms with E-state index >= 15 is 0 Å². The minimum Gasteiger partial charge on any atom is -0.496 e. The number of rotatable bonds is 15. The van der Waals surface area contributed by atoms with E-state index in [1.165, 1.54) is 6.92 Å². The van der Waals surface area contributed by atoms with Crippen molar-refractivity contribution >= 4 is 28.5 Å². The summed E-state index contributed by atoms with van der Waals surface area (Å²) in [5.41, 5.74) is 2.80. The molecule has 0 saturated carbocycles. The fourth-order valence-electron chi connectivity index (χ4n) is 5.20. The van der Waals surface area contributed by atoms with Gasteiger partial charge in [0.15, 0.2) is 0 Å². The molecule has 44 heavy (non-hydrogen) atoms. The Balaban J connectivity index is 1.12. The number of nitrogens with zero attached hydrogens (tertiary/aromatic N) is 2. The van der Waals surface area contributed by atoms with Gasteiger partial charge in [0.25, 0.3) is 0 Å². The molecule has 10 nitrogen and oxygen atoms in total. The molecule has 0 bridgehead atoms. The van der Waals surface area contributed by atoms with Gasteiger partial charge in [0, 0.05) is 43.4 Å². The summed E-state index contributed by atoms with van der Waals surface area (Å²) in [5.74, 6) is 1.95. The van der Waals surface area contributed by atoms with E-state index < -0.39 is 0 Å². The van der Waals surface area contributed by atoms with Gasteiger partial charge >= 0.3 is 5.97 Å². The van der Waals surface area contributed by atoms with Crippen molar-refractivity contribution in [2.24, 2.45) is 0 Å². The van der Waals surface area contributed by atoms with Crippen LogP contribution in [0.3, 0.4) is 0 Å². The Morgan fingerprint density at radius 2 is 1.77 bits per heavy atom. The molecule has 0 unspecified atom stereocenters. The largest absolute Gasteiger partial charge is 0.496 e. The van der Waals surface area contributed by atoms with Gasteiger partial charge in [0.1, 0.15) is 30.5 Å². The molecular weight excluding hydrogens is 562 g/mol. The van der Waals surface area contributed by atoms with Crippen LogP contribution in [0.25, 0.3) is 10.9 Å². The number of carbonyl (C=O) groups is 2. The zero-order valence-corrected chi connectivity index (χ0v) is 25.2. The highest BCUT2D eigenvalue weighted by Crippen LogP contribution is 2.26. The molecule has 0 spiro atoms. The first-order valence-corrected chi connectivity index (χ1v) is 14.8. The highest BCUT2D eigenvalue weighted by Gasteiger charge is 2.30. The molecule has 1 N–H and O–H groups in total. The van der Waals surface area contributed by atoms with Gasteiger partial charge in [-0.3, -0.25) is 9.59 Å². The molecule has 2 heterocycles. The van der Waals surface area contributed by atoms with Crippen molar-refractivity contribution < 1.29 is 33.3 Å². The molecule has 4 aromatic rings. The summed E-state index contributed by atoms with van der Waals surface area (Å²) in [7, 11) is 1.66. The highest BCUT2D eigenvalue weighted by molar-refractivity contribution is 5.96. The topological polar surface area (TPSA) is 100 Å². The number of amides is 1. The van der Waals surface area contributed by atoms with Gasteiger partial charge in [-0.25, -0.2) is 0 Å². The molecule has 10 heteroatoms. The van der Waals surface area contributed by atoms with Crippen LogP contribution in [0.1, 0.15) is 18.9 Å². The summed E-state index contributed by atoms with van der Waals surface area (Å²) in [4.78, 5) is 25.9. The van der Waals surface area contributed by atoms with Crippen LogP contribution < -0.4 is 24.4 Å². The monoisotopic (exact) mass is 601 g/mol. The quantitative estimate of drug-likeness (QED) is 0.156.